The van der Waals surface area contributed by atoms with Gasteiger partial charge in [0.1, 0.15) is 0 Å². The van der Waals surface area contributed by atoms with Crippen molar-refractivity contribution in [2.45, 2.75) is 100 Å². The molecule has 3 amide bonds. The van der Waals surface area contributed by atoms with Gasteiger partial charge >= 0.3 is 0 Å². The van der Waals surface area contributed by atoms with Crippen molar-refractivity contribution in [2.24, 2.45) is 17.8 Å². The average Bonchev–Trinajstić information content (AvgIpc) is 3.05. The molecule has 276 valence electrons. The highest BCUT2D eigenvalue weighted by Crippen LogP contribution is 2.26. The molecule has 3 aromatic rings. The number of anilines is 3. The summed E-state index contributed by atoms with van der Waals surface area (Å²) < 4.78 is 0. The van der Waals surface area contributed by atoms with E-state index in [0.717, 1.165) is 50.4 Å². The summed E-state index contributed by atoms with van der Waals surface area (Å²) in [6.45, 7) is 15.0. The lowest BCUT2D eigenvalue weighted by Gasteiger charge is -2.28. The number of carbonyl (C=O) groups excluding carboxylic acids is 3. The Balaban J connectivity index is 1.91. The van der Waals surface area contributed by atoms with Crippen molar-refractivity contribution in [1.29, 1.82) is 0 Å². The molecule has 51 heavy (non-hydrogen) atoms. The van der Waals surface area contributed by atoms with E-state index in [2.05, 4.69) is 112 Å². The number of hydrogen-bond acceptors (Lipinski definition) is 6. The van der Waals surface area contributed by atoms with Crippen molar-refractivity contribution in [1.82, 2.24) is 14.7 Å². The molecule has 9 nitrogen and oxygen atoms in total. The van der Waals surface area contributed by atoms with Crippen molar-refractivity contribution < 1.29 is 14.4 Å². The summed E-state index contributed by atoms with van der Waals surface area (Å²) in [5, 5.41) is 9.92. The van der Waals surface area contributed by atoms with Gasteiger partial charge in [-0.1, -0.05) is 59.7 Å². The molecule has 0 radical (unpaired) electrons. The molecular formula is C42H60N6O3. The number of amides is 3. The zero-order chi connectivity index (χ0) is 37.2. The maximum Gasteiger partial charge on any atom is 0.223 e. The molecule has 4 rings (SSSR count). The molecule has 0 fully saturated rings. The quantitative estimate of drug-likeness (QED) is 0.211. The van der Waals surface area contributed by atoms with E-state index >= 15 is 0 Å². The topological polar surface area (TPSA) is 97.0 Å². The number of rotatable bonds is 9. The number of carbonyl (C=O) groups is 3. The Bertz CT molecular complexity index is 1400. The van der Waals surface area contributed by atoms with Gasteiger partial charge in [-0.3, -0.25) is 14.4 Å². The lowest BCUT2D eigenvalue weighted by molar-refractivity contribution is -0.134. The highest BCUT2D eigenvalue weighted by molar-refractivity contribution is 5.78. The van der Waals surface area contributed by atoms with Crippen LogP contribution in [0.2, 0.25) is 0 Å². The second-order valence-corrected chi connectivity index (χ2v) is 15.4. The Labute approximate surface area is 306 Å². The van der Waals surface area contributed by atoms with E-state index < -0.39 is 0 Å². The van der Waals surface area contributed by atoms with Crippen LogP contribution in [0.5, 0.6) is 0 Å². The molecule has 0 unspecified atom stereocenters. The zero-order valence-electron chi connectivity index (χ0n) is 32.4. The highest BCUT2D eigenvalue weighted by atomic mass is 16.2. The fourth-order valence-corrected chi connectivity index (χ4v) is 6.72. The predicted molar refractivity (Wildman–Crippen MR) is 209 cm³/mol. The van der Waals surface area contributed by atoms with Gasteiger partial charge in [-0.15, -0.1) is 0 Å². The summed E-state index contributed by atoms with van der Waals surface area (Å²) in [5.74, 6) is 0.914. The van der Waals surface area contributed by atoms with Gasteiger partial charge in [0, 0.05) is 96.7 Å². The first-order valence-corrected chi connectivity index (χ1v) is 18.5. The summed E-state index contributed by atoms with van der Waals surface area (Å²) >= 11 is 0. The number of nitrogens with zero attached hydrogens (tertiary/aromatic N) is 3. The second-order valence-electron chi connectivity index (χ2n) is 15.4. The Morgan fingerprint density at radius 2 is 0.627 bits per heavy atom. The minimum Gasteiger partial charge on any atom is -0.388 e. The summed E-state index contributed by atoms with van der Waals surface area (Å²) in [6, 6.07) is 19.0. The monoisotopic (exact) mass is 696 g/mol. The van der Waals surface area contributed by atoms with Crippen molar-refractivity contribution >= 4 is 34.8 Å². The molecule has 1 heterocycles. The number of hydrogen-bond donors (Lipinski definition) is 3. The zero-order valence-corrected chi connectivity index (χ0v) is 32.4. The van der Waals surface area contributed by atoms with Crippen molar-refractivity contribution in [3.63, 3.8) is 0 Å². The second kappa shape index (κ2) is 18.1. The van der Waals surface area contributed by atoms with Crippen LogP contribution in [0, 0.1) is 17.8 Å². The van der Waals surface area contributed by atoms with E-state index in [1.165, 1.54) is 0 Å². The van der Waals surface area contributed by atoms with E-state index in [1.807, 2.05) is 35.8 Å². The molecule has 0 atom stereocenters. The maximum atomic E-state index is 13.8. The third kappa shape index (κ3) is 11.8. The SMILES string of the molecule is CNc1cc2cc(c1)CN(C(=O)CC(C)C)Cc1cc(cc(NC)c1)CN(C(=O)CC(C)C)Cc1cc(cc(NC)c1)CN(C(=O)CC(C)C)C2. The third-order valence-corrected chi connectivity index (χ3v) is 9.07. The smallest absolute Gasteiger partial charge is 0.223 e. The predicted octanol–water partition coefficient (Wildman–Crippen LogP) is 7.85. The van der Waals surface area contributed by atoms with Crippen LogP contribution in [0.25, 0.3) is 0 Å². The normalized spacial score (nSPS) is 14.0. The maximum absolute atomic E-state index is 13.8. The molecule has 3 N–H and O–H groups in total. The largest absolute Gasteiger partial charge is 0.388 e. The molecule has 0 aromatic heterocycles. The van der Waals surface area contributed by atoms with Gasteiger partial charge in [0.05, 0.1) is 0 Å². The van der Waals surface area contributed by atoms with Crippen LogP contribution in [0.15, 0.2) is 54.6 Å². The first-order chi connectivity index (χ1) is 24.2. The molecule has 0 aliphatic carbocycles. The molecule has 0 saturated carbocycles. The molecule has 9 heteroatoms. The Kier molecular flexibility index (Phi) is 13.9. The van der Waals surface area contributed by atoms with Gasteiger partial charge in [-0.05, 0) is 87.5 Å². The van der Waals surface area contributed by atoms with Crippen LogP contribution >= 0.6 is 0 Å². The molecule has 1 aliphatic rings. The van der Waals surface area contributed by atoms with Gasteiger partial charge in [-0.2, -0.15) is 0 Å². The van der Waals surface area contributed by atoms with Crippen molar-refractivity contribution in [3.8, 4) is 0 Å². The molecule has 0 saturated heterocycles. The van der Waals surface area contributed by atoms with Crippen molar-refractivity contribution in [3.05, 3.63) is 88.0 Å². The van der Waals surface area contributed by atoms with Gasteiger partial charge in [0.2, 0.25) is 17.7 Å². The van der Waals surface area contributed by atoms with E-state index in [1.54, 1.807) is 0 Å². The van der Waals surface area contributed by atoms with E-state index in [0.29, 0.717) is 58.5 Å². The number of fused-ring (bicyclic) bond motifs is 6. The molecule has 6 bridgehead atoms. The van der Waals surface area contributed by atoms with Crippen LogP contribution < -0.4 is 16.0 Å². The molecule has 0 spiro atoms. The lowest BCUT2D eigenvalue weighted by Crippen LogP contribution is -2.33. The fourth-order valence-electron chi connectivity index (χ4n) is 6.72. The molecule has 3 aromatic carbocycles. The van der Waals surface area contributed by atoms with E-state index in [4.69, 9.17) is 0 Å². The number of benzene rings is 3. The highest BCUT2D eigenvalue weighted by Gasteiger charge is 2.22. The molecular weight excluding hydrogens is 637 g/mol. The van der Waals surface area contributed by atoms with E-state index in [-0.39, 0.29) is 35.5 Å². The van der Waals surface area contributed by atoms with Crippen molar-refractivity contribution in [2.75, 3.05) is 37.1 Å². The molecule has 1 aliphatic heterocycles. The Morgan fingerprint density at radius 1 is 0.431 bits per heavy atom. The third-order valence-electron chi connectivity index (χ3n) is 9.07. The summed E-state index contributed by atoms with van der Waals surface area (Å²) in [6.07, 6.45) is 1.33. The van der Waals surface area contributed by atoms with Crippen LogP contribution in [0.1, 0.15) is 94.2 Å². The minimum absolute atomic E-state index is 0.0912. The van der Waals surface area contributed by atoms with E-state index in [9.17, 15) is 14.4 Å². The van der Waals surface area contributed by atoms with Gasteiger partial charge in [-0.25, -0.2) is 0 Å². The summed E-state index contributed by atoms with van der Waals surface area (Å²) in [5.41, 5.74) is 8.83. The van der Waals surface area contributed by atoms with Crippen LogP contribution in [0.4, 0.5) is 17.1 Å². The minimum atomic E-state index is 0.0912. The van der Waals surface area contributed by atoms with Gasteiger partial charge in [0.25, 0.3) is 0 Å². The first-order valence-electron chi connectivity index (χ1n) is 18.5. The average molecular weight is 697 g/mol. The summed E-state index contributed by atoms with van der Waals surface area (Å²) in [7, 11) is 5.69. The Morgan fingerprint density at radius 3 is 0.784 bits per heavy atom. The number of nitrogens with one attached hydrogen (secondary N) is 3. The lowest BCUT2D eigenvalue weighted by atomic mass is 10.0. The Hall–Kier alpha value is -4.53. The summed E-state index contributed by atoms with van der Waals surface area (Å²) in [4.78, 5) is 47.4. The van der Waals surface area contributed by atoms with Gasteiger partial charge < -0.3 is 30.7 Å². The van der Waals surface area contributed by atoms with Gasteiger partial charge in [0.15, 0.2) is 0 Å². The standard InChI is InChI=1S/C42H60N6O3/c1-28(2)10-40(49)46-22-31-13-33(18-37(16-31)43-7)24-47(41(50)11-29(3)4)26-35-15-36(21-39(20-35)45-9)27-48(42(51)12-30(5)6)25-34-14-32(23-46)17-38(19-34)44-8/h13-21,28-30,43-45H,10-12,22-27H2,1-9H3. The van der Waals surface area contributed by atoms with Crippen LogP contribution in [0.3, 0.4) is 0 Å². The fraction of sp³-hybridized carbons (Fsp3) is 0.500. The van der Waals surface area contributed by atoms with Crippen LogP contribution in [-0.2, 0) is 53.7 Å². The first kappa shape index (κ1) is 39.3. The van der Waals surface area contributed by atoms with Crippen LogP contribution in [-0.4, -0.2) is 53.6 Å².